The molecule has 0 radical (unpaired) electrons. The second-order valence-corrected chi connectivity index (χ2v) is 5.86. The highest BCUT2D eigenvalue weighted by molar-refractivity contribution is 5.87. The van der Waals surface area contributed by atoms with E-state index >= 15 is 0 Å². The molecular weight excluding hydrogens is 278 g/mol. The molecule has 0 aromatic heterocycles. The van der Waals surface area contributed by atoms with Crippen molar-refractivity contribution in [3.05, 3.63) is 42.0 Å². The van der Waals surface area contributed by atoms with Gasteiger partial charge < -0.3 is 9.84 Å². The van der Waals surface area contributed by atoms with E-state index in [4.69, 9.17) is 9.84 Å². The Labute approximate surface area is 130 Å². The van der Waals surface area contributed by atoms with Gasteiger partial charge in [-0.3, -0.25) is 9.69 Å². The van der Waals surface area contributed by atoms with Crippen molar-refractivity contribution in [2.24, 2.45) is 5.92 Å². The first-order valence-electron chi connectivity index (χ1n) is 7.69. The minimum atomic E-state index is -0.664. The van der Waals surface area contributed by atoms with E-state index in [1.807, 2.05) is 18.2 Å². The Balaban J connectivity index is 1.83. The molecule has 1 saturated heterocycles. The maximum absolute atomic E-state index is 11.1. The van der Waals surface area contributed by atoms with Crippen molar-refractivity contribution in [3.63, 3.8) is 0 Å². The van der Waals surface area contributed by atoms with E-state index in [0.717, 1.165) is 38.2 Å². The summed E-state index contributed by atoms with van der Waals surface area (Å²) < 4.78 is 5.53. The summed E-state index contributed by atoms with van der Waals surface area (Å²) in [6.45, 7) is 2.45. The number of likely N-dealkylation sites (tertiary alicyclic amines) is 1. The van der Waals surface area contributed by atoms with Crippen LogP contribution in [-0.2, 0) is 11.3 Å². The molecule has 3 rings (SSSR count). The number of carbonyl (C=O) groups is 1. The Morgan fingerprint density at radius 1 is 1.23 bits per heavy atom. The molecule has 1 aliphatic heterocycles. The number of fused-ring (bicyclic) bond motifs is 1. The number of piperidine rings is 1. The molecule has 4 nitrogen and oxygen atoms in total. The van der Waals surface area contributed by atoms with Crippen molar-refractivity contribution in [2.45, 2.75) is 19.4 Å². The van der Waals surface area contributed by atoms with Crippen molar-refractivity contribution < 1.29 is 14.6 Å². The first-order valence-corrected chi connectivity index (χ1v) is 7.69. The summed E-state index contributed by atoms with van der Waals surface area (Å²) in [6, 6.07) is 12.4. The molecule has 0 aliphatic carbocycles. The van der Waals surface area contributed by atoms with Crippen LogP contribution in [0.3, 0.4) is 0 Å². The van der Waals surface area contributed by atoms with Gasteiger partial charge in [0, 0.05) is 12.1 Å². The van der Waals surface area contributed by atoms with Crippen LogP contribution in [0.2, 0.25) is 0 Å². The molecule has 116 valence electrons. The van der Waals surface area contributed by atoms with Gasteiger partial charge in [0.15, 0.2) is 0 Å². The first-order chi connectivity index (χ1) is 10.7. The monoisotopic (exact) mass is 299 g/mol. The summed E-state index contributed by atoms with van der Waals surface area (Å²) >= 11 is 0. The largest absolute Gasteiger partial charge is 0.496 e. The van der Waals surface area contributed by atoms with Gasteiger partial charge in [-0.1, -0.05) is 30.3 Å². The van der Waals surface area contributed by atoms with Gasteiger partial charge in [0.1, 0.15) is 5.75 Å². The predicted molar refractivity (Wildman–Crippen MR) is 86.1 cm³/mol. The Kier molecular flexibility index (Phi) is 4.29. The molecule has 1 heterocycles. The van der Waals surface area contributed by atoms with Crippen molar-refractivity contribution in [3.8, 4) is 5.75 Å². The van der Waals surface area contributed by atoms with Crippen LogP contribution in [-0.4, -0.2) is 36.2 Å². The van der Waals surface area contributed by atoms with Crippen LogP contribution < -0.4 is 4.74 Å². The maximum Gasteiger partial charge on any atom is 0.306 e. The number of carboxylic acids is 1. The zero-order chi connectivity index (χ0) is 15.5. The molecule has 22 heavy (non-hydrogen) atoms. The number of hydrogen-bond acceptors (Lipinski definition) is 3. The van der Waals surface area contributed by atoms with Gasteiger partial charge >= 0.3 is 5.97 Å². The average molecular weight is 299 g/mol. The molecule has 0 bridgehead atoms. The number of aliphatic carboxylic acids is 1. The Bertz CT molecular complexity index is 675. The molecular formula is C18H21NO3. The molecule has 4 heteroatoms. The number of ether oxygens (including phenoxy) is 1. The zero-order valence-electron chi connectivity index (χ0n) is 12.8. The van der Waals surface area contributed by atoms with Gasteiger partial charge in [-0.15, -0.1) is 0 Å². The van der Waals surface area contributed by atoms with Gasteiger partial charge in [-0.2, -0.15) is 0 Å². The lowest BCUT2D eigenvalue weighted by molar-refractivity contribution is -0.143. The molecule has 2 aromatic carbocycles. The number of benzene rings is 2. The van der Waals surface area contributed by atoms with E-state index in [1.54, 1.807) is 7.11 Å². The van der Waals surface area contributed by atoms with Crippen molar-refractivity contribution >= 4 is 16.7 Å². The second kappa shape index (κ2) is 6.36. The third-order valence-corrected chi connectivity index (χ3v) is 4.54. The van der Waals surface area contributed by atoms with E-state index in [9.17, 15) is 4.79 Å². The lowest BCUT2D eigenvalue weighted by Crippen LogP contribution is -2.35. The Hall–Kier alpha value is -2.07. The number of methoxy groups -OCH3 is 1. The van der Waals surface area contributed by atoms with Gasteiger partial charge in [0.05, 0.1) is 13.0 Å². The lowest BCUT2D eigenvalue weighted by Gasteiger charge is -2.30. The SMILES string of the molecule is COc1ccc2ccccc2c1CN1CCC(C(=O)O)CC1. The third-order valence-electron chi connectivity index (χ3n) is 4.54. The molecule has 2 aromatic rings. The molecule has 1 N–H and O–H groups in total. The maximum atomic E-state index is 11.1. The summed E-state index contributed by atoms with van der Waals surface area (Å²) in [7, 11) is 1.70. The van der Waals surface area contributed by atoms with Crippen LogP contribution in [0.15, 0.2) is 36.4 Å². The topological polar surface area (TPSA) is 49.8 Å². The summed E-state index contributed by atoms with van der Waals surface area (Å²) in [5.74, 6) is 0.0483. The Morgan fingerprint density at radius 2 is 1.95 bits per heavy atom. The van der Waals surface area contributed by atoms with E-state index in [2.05, 4.69) is 23.1 Å². The van der Waals surface area contributed by atoms with E-state index in [0.29, 0.717) is 0 Å². The van der Waals surface area contributed by atoms with Gasteiger partial charge in [0.25, 0.3) is 0 Å². The summed E-state index contributed by atoms with van der Waals surface area (Å²) in [5, 5.41) is 11.5. The number of nitrogens with zero attached hydrogens (tertiary/aromatic N) is 1. The van der Waals surface area contributed by atoms with Crippen LogP contribution in [0.4, 0.5) is 0 Å². The fourth-order valence-corrected chi connectivity index (χ4v) is 3.23. The minimum absolute atomic E-state index is 0.189. The Morgan fingerprint density at radius 3 is 2.64 bits per heavy atom. The van der Waals surface area contributed by atoms with Crippen LogP contribution in [0.5, 0.6) is 5.75 Å². The van der Waals surface area contributed by atoms with E-state index in [1.165, 1.54) is 16.3 Å². The van der Waals surface area contributed by atoms with Crippen molar-refractivity contribution in [1.82, 2.24) is 4.90 Å². The number of hydrogen-bond donors (Lipinski definition) is 1. The van der Waals surface area contributed by atoms with Crippen LogP contribution >= 0.6 is 0 Å². The van der Waals surface area contributed by atoms with Gasteiger partial charge in [-0.25, -0.2) is 0 Å². The zero-order valence-corrected chi connectivity index (χ0v) is 12.8. The van der Waals surface area contributed by atoms with Crippen LogP contribution in [0, 0.1) is 5.92 Å². The summed E-state index contributed by atoms with van der Waals surface area (Å²) in [6.07, 6.45) is 1.45. The standard InChI is InChI=1S/C18H21NO3/c1-22-17-7-6-13-4-2-3-5-15(13)16(17)12-19-10-8-14(9-11-19)18(20)21/h2-7,14H,8-12H2,1H3,(H,20,21). The minimum Gasteiger partial charge on any atom is -0.496 e. The molecule has 1 fully saturated rings. The second-order valence-electron chi connectivity index (χ2n) is 5.86. The molecule has 0 spiro atoms. The molecule has 0 saturated carbocycles. The fraction of sp³-hybridized carbons (Fsp3) is 0.389. The third kappa shape index (κ3) is 2.92. The van der Waals surface area contributed by atoms with Gasteiger partial charge in [-0.05, 0) is 42.8 Å². The highest BCUT2D eigenvalue weighted by Gasteiger charge is 2.25. The summed E-state index contributed by atoms with van der Waals surface area (Å²) in [4.78, 5) is 13.4. The van der Waals surface area contributed by atoms with Crippen molar-refractivity contribution in [1.29, 1.82) is 0 Å². The van der Waals surface area contributed by atoms with E-state index < -0.39 is 5.97 Å². The summed E-state index contributed by atoms with van der Waals surface area (Å²) in [5.41, 5.74) is 1.19. The normalized spacial score (nSPS) is 16.8. The molecule has 0 unspecified atom stereocenters. The smallest absolute Gasteiger partial charge is 0.306 e. The van der Waals surface area contributed by atoms with E-state index in [-0.39, 0.29) is 5.92 Å². The first kappa shape index (κ1) is 14.9. The highest BCUT2D eigenvalue weighted by Crippen LogP contribution is 2.30. The quantitative estimate of drug-likeness (QED) is 0.942. The van der Waals surface area contributed by atoms with Gasteiger partial charge in [0.2, 0.25) is 0 Å². The fourth-order valence-electron chi connectivity index (χ4n) is 3.23. The number of carboxylic acid groups (broad SMARTS) is 1. The molecule has 0 amide bonds. The van der Waals surface area contributed by atoms with Crippen molar-refractivity contribution in [2.75, 3.05) is 20.2 Å². The highest BCUT2D eigenvalue weighted by atomic mass is 16.5. The number of rotatable bonds is 4. The average Bonchev–Trinajstić information content (AvgIpc) is 2.55. The lowest BCUT2D eigenvalue weighted by atomic mass is 9.96. The molecule has 0 atom stereocenters. The van der Waals surface area contributed by atoms with Crippen LogP contribution in [0.1, 0.15) is 18.4 Å². The van der Waals surface area contributed by atoms with Crippen LogP contribution in [0.25, 0.3) is 10.8 Å². The predicted octanol–water partition coefficient (Wildman–Crippen LogP) is 3.15. The molecule has 1 aliphatic rings.